The monoisotopic (exact) mass is 316 g/mol. The maximum absolute atomic E-state index is 12.2. The van der Waals surface area contributed by atoms with Crippen LogP contribution in [0.25, 0.3) is 21.8 Å². The summed E-state index contributed by atoms with van der Waals surface area (Å²) < 4.78 is 0. The Morgan fingerprint density at radius 2 is 1.75 bits per heavy atom. The van der Waals surface area contributed by atoms with Crippen LogP contribution in [-0.4, -0.2) is 16.0 Å². The average Bonchev–Trinajstić information content (AvgIpc) is 2.92. The van der Waals surface area contributed by atoms with Gasteiger partial charge in [0, 0.05) is 33.6 Å². The number of nitrogens with one attached hydrogen (secondary N) is 2. The van der Waals surface area contributed by atoms with Crippen molar-refractivity contribution in [1.29, 1.82) is 0 Å². The number of fused-ring (bicyclic) bond motifs is 3. The van der Waals surface area contributed by atoms with Gasteiger partial charge in [-0.3, -0.25) is 4.79 Å². The number of para-hydroxylation sites is 1. The lowest BCUT2D eigenvalue weighted by molar-refractivity contribution is -0.115. The number of aromatic nitrogens is 1. The number of amides is 1. The molecule has 0 unspecified atom stereocenters. The highest BCUT2D eigenvalue weighted by Crippen LogP contribution is 2.26. The van der Waals surface area contributed by atoms with E-state index in [2.05, 4.69) is 16.4 Å². The van der Waals surface area contributed by atoms with Gasteiger partial charge in [-0.1, -0.05) is 36.4 Å². The summed E-state index contributed by atoms with van der Waals surface area (Å²) in [6.45, 7) is 0. The molecule has 4 nitrogen and oxygen atoms in total. The molecular weight excluding hydrogens is 300 g/mol. The lowest BCUT2D eigenvalue weighted by Crippen LogP contribution is -2.14. The topological polar surface area (TPSA) is 65.1 Å². The molecule has 0 aliphatic heterocycles. The Balaban J connectivity index is 1.58. The van der Waals surface area contributed by atoms with E-state index in [-0.39, 0.29) is 18.1 Å². The van der Waals surface area contributed by atoms with Crippen LogP contribution in [0, 0.1) is 0 Å². The van der Waals surface area contributed by atoms with Gasteiger partial charge >= 0.3 is 0 Å². The van der Waals surface area contributed by atoms with E-state index in [0.29, 0.717) is 5.69 Å². The summed E-state index contributed by atoms with van der Waals surface area (Å²) in [5.74, 6) is 0.0170. The molecule has 0 saturated carbocycles. The van der Waals surface area contributed by atoms with Crippen molar-refractivity contribution >= 4 is 33.4 Å². The second-order valence-corrected chi connectivity index (χ2v) is 5.83. The molecule has 4 heteroatoms. The number of aromatic amines is 1. The van der Waals surface area contributed by atoms with Gasteiger partial charge in [-0.05, 0) is 29.8 Å². The molecule has 0 aliphatic carbocycles. The molecule has 3 N–H and O–H groups in total. The Morgan fingerprint density at radius 3 is 2.62 bits per heavy atom. The quantitative estimate of drug-likeness (QED) is 0.530. The molecule has 1 heterocycles. The predicted molar refractivity (Wildman–Crippen MR) is 96.2 cm³/mol. The van der Waals surface area contributed by atoms with Gasteiger partial charge in [-0.25, -0.2) is 0 Å². The summed E-state index contributed by atoms with van der Waals surface area (Å²) in [5.41, 5.74) is 3.64. The number of aromatic hydroxyl groups is 1. The van der Waals surface area contributed by atoms with Crippen molar-refractivity contribution in [2.24, 2.45) is 0 Å². The molecule has 0 saturated heterocycles. The van der Waals surface area contributed by atoms with E-state index >= 15 is 0 Å². The number of hydrogen-bond acceptors (Lipinski definition) is 2. The molecule has 3 aromatic carbocycles. The first-order chi connectivity index (χ1) is 11.7. The minimum absolute atomic E-state index is 0.115. The van der Waals surface area contributed by atoms with Crippen LogP contribution in [0.5, 0.6) is 5.75 Å². The van der Waals surface area contributed by atoms with Gasteiger partial charge in [0.15, 0.2) is 0 Å². The van der Waals surface area contributed by atoms with Crippen LogP contribution in [-0.2, 0) is 11.2 Å². The Morgan fingerprint density at radius 1 is 0.917 bits per heavy atom. The first-order valence-corrected chi connectivity index (χ1v) is 7.77. The summed E-state index contributed by atoms with van der Waals surface area (Å²) in [5, 5.41) is 14.6. The molecule has 1 aromatic heterocycles. The summed E-state index contributed by atoms with van der Waals surface area (Å²) in [6, 6.07) is 20.7. The highest BCUT2D eigenvalue weighted by atomic mass is 16.3. The number of H-pyrrole nitrogens is 1. The van der Waals surface area contributed by atoms with Crippen molar-refractivity contribution < 1.29 is 9.90 Å². The number of benzene rings is 3. The number of phenolic OH excluding ortho intramolecular Hbond substituents is 1. The summed E-state index contributed by atoms with van der Waals surface area (Å²) >= 11 is 0. The lowest BCUT2D eigenvalue weighted by atomic mass is 10.1. The molecule has 0 fully saturated rings. The van der Waals surface area contributed by atoms with E-state index in [4.69, 9.17) is 0 Å². The van der Waals surface area contributed by atoms with E-state index in [0.717, 1.165) is 22.0 Å². The normalized spacial score (nSPS) is 11.0. The Hall–Kier alpha value is -3.27. The van der Waals surface area contributed by atoms with Crippen molar-refractivity contribution in [3.63, 3.8) is 0 Å². The van der Waals surface area contributed by atoms with Crippen LogP contribution in [0.15, 0.2) is 66.7 Å². The fourth-order valence-corrected chi connectivity index (χ4v) is 2.99. The van der Waals surface area contributed by atoms with Crippen molar-refractivity contribution in [1.82, 2.24) is 4.98 Å². The number of phenols is 1. The predicted octanol–water partition coefficient (Wildman–Crippen LogP) is 4.21. The molecule has 0 bridgehead atoms. The minimum Gasteiger partial charge on any atom is -0.508 e. The fraction of sp³-hybridized carbons (Fsp3) is 0.0500. The standard InChI is InChI=1S/C20H16N2O2/c23-15-5-3-4-14(12-15)21-20(24)11-13-8-9-17-16-6-1-2-7-18(16)22-19(17)10-13/h1-10,12,22-23H,11H2,(H,21,24). The highest BCUT2D eigenvalue weighted by Gasteiger charge is 2.08. The first kappa shape index (κ1) is 14.3. The first-order valence-electron chi connectivity index (χ1n) is 7.77. The van der Waals surface area contributed by atoms with Crippen LogP contribution >= 0.6 is 0 Å². The van der Waals surface area contributed by atoms with Crippen LogP contribution < -0.4 is 5.32 Å². The van der Waals surface area contributed by atoms with Crippen LogP contribution in [0.3, 0.4) is 0 Å². The number of carbonyl (C=O) groups excluding carboxylic acids is 1. The molecular formula is C20H16N2O2. The number of anilines is 1. The Kier molecular flexibility index (Phi) is 3.43. The van der Waals surface area contributed by atoms with Gasteiger partial charge in [-0.2, -0.15) is 0 Å². The van der Waals surface area contributed by atoms with Crippen molar-refractivity contribution in [2.75, 3.05) is 5.32 Å². The van der Waals surface area contributed by atoms with Crippen molar-refractivity contribution in [3.8, 4) is 5.75 Å². The maximum Gasteiger partial charge on any atom is 0.228 e. The van der Waals surface area contributed by atoms with E-state index in [1.165, 1.54) is 11.5 Å². The molecule has 1 amide bonds. The second kappa shape index (κ2) is 5.74. The van der Waals surface area contributed by atoms with E-state index < -0.39 is 0 Å². The SMILES string of the molecule is O=C(Cc1ccc2c(c1)[nH]c1ccccc12)Nc1cccc(O)c1. The number of rotatable bonds is 3. The zero-order chi connectivity index (χ0) is 16.5. The van der Waals surface area contributed by atoms with Crippen LogP contribution in [0.4, 0.5) is 5.69 Å². The third-order valence-corrected chi connectivity index (χ3v) is 4.07. The average molecular weight is 316 g/mol. The van der Waals surface area contributed by atoms with E-state index in [1.54, 1.807) is 18.2 Å². The number of carbonyl (C=O) groups is 1. The third-order valence-electron chi connectivity index (χ3n) is 4.07. The Labute approximate surface area is 138 Å². The van der Waals surface area contributed by atoms with Gasteiger partial charge in [0.25, 0.3) is 0 Å². The summed E-state index contributed by atoms with van der Waals surface area (Å²) in [4.78, 5) is 15.6. The zero-order valence-electron chi connectivity index (χ0n) is 12.9. The third kappa shape index (κ3) is 2.70. The molecule has 24 heavy (non-hydrogen) atoms. The fourth-order valence-electron chi connectivity index (χ4n) is 2.99. The van der Waals surface area contributed by atoms with Gasteiger partial charge in [0.2, 0.25) is 5.91 Å². The lowest BCUT2D eigenvalue weighted by Gasteiger charge is -2.06. The Bertz CT molecular complexity index is 1050. The van der Waals surface area contributed by atoms with Gasteiger partial charge in [0.05, 0.1) is 6.42 Å². The summed E-state index contributed by atoms with van der Waals surface area (Å²) in [6.07, 6.45) is 0.279. The van der Waals surface area contributed by atoms with Crippen molar-refractivity contribution in [3.05, 3.63) is 72.3 Å². The summed E-state index contributed by atoms with van der Waals surface area (Å²) in [7, 11) is 0. The maximum atomic E-state index is 12.2. The number of hydrogen-bond donors (Lipinski definition) is 3. The van der Waals surface area contributed by atoms with E-state index in [9.17, 15) is 9.90 Å². The smallest absolute Gasteiger partial charge is 0.228 e. The molecule has 4 rings (SSSR count). The zero-order valence-corrected chi connectivity index (χ0v) is 12.9. The van der Waals surface area contributed by atoms with Gasteiger partial charge < -0.3 is 15.4 Å². The highest BCUT2D eigenvalue weighted by molar-refractivity contribution is 6.07. The molecule has 118 valence electrons. The molecule has 0 atom stereocenters. The molecule has 0 radical (unpaired) electrons. The molecule has 0 aliphatic rings. The minimum atomic E-state index is -0.115. The van der Waals surface area contributed by atoms with Crippen LogP contribution in [0.2, 0.25) is 0 Å². The second-order valence-electron chi connectivity index (χ2n) is 5.83. The molecule has 0 spiro atoms. The van der Waals surface area contributed by atoms with Gasteiger partial charge in [0.1, 0.15) is 5.75 Å². The molecule has 4 aromatic rings. The van der Waals surface area contributed by atoms with Gasteiger partial charge in [-0.15, -0.1) is 0 Å². The largest absolute Gasteiger partial charge is 0.508 e. The van der Waals surface area contributed by atoms with Crippen molar-refractivity contribution in [2.45, 2.75) is 6.42 Å². The van der Waals surface area contributed by atoms with E-state index in [1.807, 2.05) is 36.4 Å². The van der Waals surface area contributed by atoms with Crippen LogP contribution in [0.1, 0.15) is 5.56 Å².